The Hall–Kier alpha value is -1.33. The number of carbonyl (C=O) groups is 1. The van der Waals surface area contributed by atoms with Crippen molar-refractivity contribution in [3.63, 3.8) is 0 Å². The first-order valence-electron chi connectivity index (χ1n) is 5.70. The van der Waals surface area contributed by atoms with Crippen LogP contribution in [0.15, 0.2) is 22.8 Å². The largest absolute Gasteiger partial charge is 0.467 e. The van der Waals surface area contributed by atoms with Crippen molar-refractivity contribution in [2.45, 2.75) is 25.3 Å². The Labute approximate surface area is 101 Å². The van der Waals surface area contributed by atoms with Crippen molar-refractivity contribution >= 4 is 5.91 Å². The highest BCUT2D eigenvalue weighted by atomic mass is 16.5. The van der Waals surface area contributed by atoms with Crippen LogP contribution in [0.4, 0.5) is 0 Å². The molecular weight excluding hydrogens is 222 g/mol. The molecule has 1 amide bonds. The number of aliphatic hydroxyl groups is 1. The Morgan fingerprint density at radius 3 is 3.00 bits per heavy atom. The van der Waals surface area contributed by atoms with Gasteiger partial charge in [0.05, 0.1) is 12.9 Å². The van der Waals surface area contributed by atoms with Gasteiger partial charge in [-0.25, -0.2) is 0 Å². The van der Waals surface area contributed by atoms with Crippen molar-refractivity contribution in [1.29, 1.82) is 0 Å². The van der Waals surface area contributed by atoms with Crippen LogP contribution < -0.4 is 5.32 Å². The van der Waals surface area contributed by atoms with Crippen LogP contribution >= 0.6 is 0 Å². The highest BCUT2D eigenvalue weighted by Crippen LogP contribution is 2.12. The Bertz CT molecular complexity index is 310. The molecule has 0 radical (unpaired) electrons. The minimum atomic E-state index is -0.458. The molecule has 0 spiro atoms. The fourth-order valence-electron chi connectivity index (χ4n) is 1.49. The third-order valence-corrected chi connectivity index (χ3v) is 2.41. The summed E-state index contributed by atoms with van der Waals surface area (Å²) in [7, 11) is 1.64. The lowest BCUT2D eigenvalue weighted by atomic mass is 10.2. The number of nitrogens with one attached hydrogen (secondary N) is 1. The van der Waals surface area contributed by atoms with Crippen molar-refractivity contribution in [2.75, 3.05) is 20.3 Å². The van der Waals surface area contributed by atoms with E-state index in [1.807, 2.05) is 0 Å². The van der Waals surface area contributed by atoms with E-state index in [1.54, 1.807) is 19.2 Å². The molecule has 2 N–H and O–H groups in total. The van der Waals surface area contributed by atoms with Gasteiger partial charge in [-0.3, -0.25) is 4.79 Å². The molecule has 0 fully saturated rings. The number of carbonyl (C=O) groups excluding carboxylic acids is 1. The van der Waals surface area contributed by atoms with Gasteiger partial charge in [0.1, 0.15) is 11.8 Å². The molecule has 5 nitrogen and oxygen atoms in total. The minimum Gasteiger partial charge on any atom is -0.467 e. The lowest BCUT2D eigenvalue weighted by Gasteiger charge is -2.13. The molecule has 17 heavy (non-hydrogen) atoms. The van der Waals surface area contributed by atoms with E-state index in [2.05, 4.69) is 5.32 Å². The van der Waals surface area contributed by atoms with E-state index in [4.69, 9.17) is 14.3 Å². The van der Waals surface area contributed by atoms with Gasteiger partial charge in [-0.2, -0.15) is 0 Å². The zero-order chi connectivity index (χ0) is 12.5. The van der Waals surface area contributed by atoms with Crippen LogP contribution in [0, 0.1) is 0 Å². The van der Waals surface area contributed by atoms with Crippen LogP contribution in [-0.4, -0.2) is 31.3 Å². The Morgan fingerprint density at radius 1 is 1.59 bits per heavy atom. The lowest BCUT2D eigenvalue weighted by Crippen LogP contribution is -2.30. The quantitative estimate of drug-likeness (QED) is 0.672. The summed E-state index contributed by atoms with van der Waals surface area (Å²) in [6, 6.07) is 2.99. The number of hydrogen-bond donors (Lipinski definition) is 2. The zero-order valence-electron chi connectivity index (χ0n) is 10.0. The Morgan fingerprint density at radius 2 is 2.41 bits per heavy atom. The van der Waals surface area contributed by atoms with Gasteiger partial charge in [0, 0.05) is 20.1 Å². The maximum absolute atomic E-state index is 11.6. The summed E-state index contributed by atoms with van der Waals surface area (Å²) in [4.78, 5) is 11.6. The average Bonchev–Trinajstić information content (AvgIpc) is 2.85. The summed E-state index contributed by atoms with van der Waals surface area (Å²) >= 11 is 0. The predicted octanol–water partition coefficient (Wildman–Crippen LogP) is 1.25. The van der Waals surface area contributed by atoms with Gasteiger partial charge in [-0.15, -0.1) is 0 Å². The molecule has 1 rings (SSSR count). The zero-order valence-corrected chi connectivity index (χ0v) is 10.0. The van der Waals surface area contributed by atoms with E-state index in [0.717, 1.165) is 12.8 Å². The molecule has 0 aliphatic rings. The Balaban J connectivity index is 2.28. The molecule has 96 valence electrons. The molecule has 5 heteroatoms. The lowest BCUT2D eigenvalue weighted by molar-refractivity contribution is -0.122. The summed E-state index contributed by atoms with van der Waals surface area (Å²) in [6.07, 6.45) is 3.58. The van der Waals surface area contributed by atoms with Crippen LogP contribution in [0.5, 0.6) is 0 Å². The van der Waals surface area contributed by atoms with Crippen LogP contribution in [0.3, 0.4) is 0 Å². The topological polar surface area (TPSA) is 71.7 Å². The molecule has 1 unspecified atom stereocenters. The number of ether oxygens (including phenoxy) is 1. The summed E-state index contributed by atoms with van der Waals surface area (Å²) in [5, 5.41) is 11.9. The van der Waals surface area contributed by atoms with Crippen molar-refractivity contribution in [2.24, 2.45) is 0 Å². The molecule has 0 bridgehead atoms. The molecule has 0 saturated carbocycles. The summed E-state index contributed by atoms with van der Waals surface area (Å²) in [5.41, 5.74) is 0. The number of rotatable bonds is 8. The minimum absolute atomic E-state index is 0.0865. The summed E-state index contributed by atoms with van der Waals surface area (Å²) in [6.45, 7) is 0.492. The van der Waals surface area contributed by atoms with Crippen LogP contribution in [0.2, 0.25) is 0 Å². The molecule has 1 atom stereocenters. The van der Waals surface area contributed by atoms with Gasteiger partial charge in [-0.1, -0.05) is 0 Å². The normalized spacial score (nSPS) is 12.4. The predicted molar refractivity (Wildman–Crippen MR) is 62.4 cm³/mol. The molecule has 0 aliphatic heterocycles. The second-order valence-corrected chi connectivity index (χ2v) is 3.77. The molecule has 0 saturated heterocycles. The first kappa shape index (κ1) is 13.7. The van der Waals surface area contributed by atoms with Crippen LogP contribution in [0.1, 0.15) is 31.1 Å². The number of amides is 1. The van der Waals surface area contributed by atoms with Gasteiger partial charge in [0.25, 0.3) is 0 Å². The molecule has 0 aliphatic carbocycles. The van der Waals surface area contributed by atoms with Crippen molar-refractivity contribution in [3.05, 3.63) is 24.2 Å². The first-order chi connectivity index (χ1) is 8.27. The maximum atomic E-state index is 11.6. The second kappa shape index (κ2) is 7.86. The van der Waals surface area contributed by atoms with E-state index >= 15 is 0 Å². The highest BCUT2D eigenvalue weighted by molar-refractivity contribution is 5.76. The standard InChI is InChI=1S/C12H19NO4/c1-16-7-3-2-6-12(15)13-10(9-14)11-5-4-8-17-11/h4-5,8,10,14H,2-3,6-7,9H2,1H3,(H,13,15). The van der Waals surface area contributed by atoms with E-state index < -0.39 is 6.04 Å². The number of hydrogen-bond acceptors (Lipinski definition) is 4. The third kappa shape index (κ3) is 5.01. The highest BCUT2D eigenvalue weighted by Gasteiger charge is 2.15. The number of methoxy groups -OCH3 is 1. The van der Waals surface area contributed by atoms with Gasteiger partial charge >= 0.3 is 0 Å². The van der Waals surface area contributed by atoms with E-state index in [9.17, 15) is 4.79 Å². The summed E-state index contributed by atoms with van der Waals surface area (Å²) in [5.74, 6) is 0.481. The fourth-order valence-corrected chi connectivity index (χ4v) is 1.49. The van der Waals surface area contributed by atoms with Crippen molar-refractivity contribution < 1.29 is 19.1 Å². The van der Waals surface area contributed by atoms with Gasteiger partial charge in [0.15, 0.2) is 0 Å². The average molecular weight is 241 g/mol. The SMILES string of the molecule is COCCCCC(=O)NC(CO)c1ccco1. The van der Waals surface area contributed by atoms with Gasteiger partial charge in [-0.05, 0) is 25.0 Å². The fraction of sp³-hybridized carbons (Fsp3) is 0.583. The summed E-state index contributed by atoms with van der Waals surface area (Å²) < 4.78 is 10.0. The van der Waals surface area contributed by atoms with E-state index in [1.165, 1.54) is 6.26 Å². The number of furan rings is 1. The first-order valence-corrected chi connectivity index (χ1v) is 5.70. The third-order valence-electron chi connectivity index (χ3n) is 2.41. The number of unbranched alkanes of at least 4 members (excludes halogenated alkanes) is 1. The molecule has 1 heterocycles. The maximum Gasteiger partial charge on any atom is 0.220 e. The Kier molecular flexibility index (Phi) is 6.35. The van der Waals surface area contributed by atoms with Gasteiger partial charge in [0.2, 0.25) is 5.91 Å². The van der Waals surface area contributed by atoms with Crippen molar-refractivity contribution in [1.82, 2.24) is 5.32 Å². The van der Waals surface area contributed by atoms with E-state index in [-0.39, 0.29) is 12.5 Å². The smallest absolute Gasteiger partial charge is 0.220 e. The molecular formula is C12H19NO4. The molecule has 1 aromatic rings. The van der Waals surface area contributed by atoms with Crippen molar-refractivity contribution in [3.8, 4) is 0 Å². The van der Waals surface area contributed by atoms with Crippen LogP contribution in [0.25, 0.3) is 0 Å². The van der Waals surface area contributed by atoms with Gasteiger partial charge < -0.3 is 19.6 Å². The van der Waals surface area contributed by atoms with E-state index in [0.29, 0.717) is 18.8 Å². The number of aliphatic hydroxyl groups excluding tert-OH is 1. The molecule has 0 aromatic carbocycles. The monoisotopic (exact) mass is 241 g/mol. The second-order valence-electron chi connectivity index (χ2n) is 3.77. The van der Waals surface area contributed by atoms with Crippen LogP contribution in [-0.2, 0) is 9.53 Å². The molecule has 1 aromatic heterocycles.